The first kappa shape index (κ1) is 16.0. The predicted octanol–water partition coefficient (Wildman–Crippen LogP) is 0.486. The number of morpholine rings is 1. The highest BCUT2D eigenvalue weighted by Gasteiger charge is 2.35. The van der Waals surface area contributed by atoms with Crippen LogP contribution in [0.2, 0.25) is 0 Å². The first-order valence-electron chi connectivity index (χ1n) is 8.07. The topological polar surface area (TPSA) is 61.9 Å². The Morgan fingerprint density at radius 2 is 2.09 bits per heavy atom. The zero-order chi connectivity index (χ0) is 16.2. The monoisotopic (exact) mass is 317 g/mol. The number of nitrogens with zero attached hydrogens (tertiary/aromatic N) is 2. The third-order valence-corrected chi connectivity index (χ3v) is 4.41. The van der Waals surface area contributed by atoms with Crippen LogP contribution in [0.25, 0.3) is 0 Å². The number of para-hydroxylation sites is 1. The fourth-order valence-electron chi connectivity index (χ4n) is 3.09. The molecule has 2 atom stereocenters. The van der Waals surface area contributed by atoms with Crippen molar-refractivity contribution in [2.75, 3.05) is 44.7 Å². The number of carbonyl (C=O) groups is 2. The van der Waals surface area contributed by atoms with Gasteiger partial charge >= 0.3 is 0 Å². The summed E-state index contributed by atoms with van der Waals surface area (Å²) in [6.45, 7) is 3.38. The van der Waals surface area contributed by atoms with Crippen LogP contribution in [0.1, 0.15) is 6.42 Å². The molecule has 1 N–H and O–H groups in total. The quantitative estimate of drug-likeness (QED) is 0.878. The van der Waals surface area contributed by atoms with Gasteiger partial charge in [0.2, 0.25) is 11.8 Å². The van der Waals surface area contributed by atoms with Crippen LogP contribution in [-0.4, -0.2) is 62.7 Å². The second-order valence-corrected chi connectivity index (χ2v) is 6.24. The lowest BCUT2D eigenvalue weighted by Crippen LogP contribution is -2.47. The molecule has 0 bridgehead atoms. The Hall–Kier alpha value is -1.92. The number of anilines is 1. The van der Waals surface area contributed by atoms with Gasteiger partial charge in [-0.05, 0) is 19.2 Å². The predicted molar refractivity (Wildman–Crippen MR) is 87.1 cm³/mol. The van der Waals surface area contributed by atoms with E-state index in [0.717, 1.165) is 18.8 Å². The number of rotatable bonds is 4. The number of amides is 2. The molecule has 2 saturated heterocycles. The maximum Gasteiger partial charge on any atom is 0.227 e. The van der Waals surface area contributed by atoms with Crippen molar-refractivity contribution in [2.45, 2.75) is 12.5 Å². The van der Waals surface area contributed by atoms with Gasteiger partial charge in [-0.1, -0.05) is 18.2 Å². The molecule has 6 nitrogen and oxygen atoms in total. The summed E-state index contributed by atoms with van der Waals surface area (Å²) in [6.07, 6.45) is 0.298. The molecule has 0 unspecified atom stereocenters. The third kappa shape index (κ3) is 3.89. The van der Waals surface area contributed by atoms with Crippen LogP contribution >= 0.6 is 0 Å². The van der Waals surface area contributed by atoms with E-state index in [-0.39, 0.29) is 30.3 Å². The van der Waals surface area contributed by atoms with Crippen molar-refractivity contribution >= 4 is 17.5 Å². The van der Waals surface area contributed by atoms with Gasteiger partial charge in [0.25, 0.3) is 0 Å². The molecular weight excluding hydrogens is 294 g/mol. The summed E-state index contributed by atoms with van der Waals surface area (Å²) in [6, 6.07) is 9.49. The van der Waals surface area contributed by atoms with E-state index < -0.39 is 0 Å². The van der Waals surface area contributed by atoms with Gasteiger partial charge in [-0.25, -0.2) is 0 Å². The molecule has 6 heteroatoms. The second-order valence-electron chi connectivity index (χ2n) is 6.24. The van der Waals surface area contributed by atoms with E-state index in [0.29, 0.717) is 19.7 Å². The largest absolute Gasteiger partial charge is 0.374 e. The molecule has 2 aliphatic rings. The first-order chi connectivity index (χ1) is 11.1. The van der Waals surface area contributed by atoms with Gasteiger partial charge in [-0.15, -0.1) is 0 Å². The summed E-state index contributed by atoms with van der Waals surface area (Å²) in [4.78, 5) is 28.4. The van der Waals surface area contributed by atoms with Crippen LogP contribution in [0.5, 0.6) is 0 Å². The van der Waals surface area contributed by atoms with E-state index in [2.05, 4.69) is 10.2 Å². The summed E-state index contributed by atoms with van der Waals surface area (Å²) >= 11 is 0. The minimum Gasteiger partial charge on any atom is -0.374 e. The minimum atomic E-state index is -0.288. The number of ether oxygens (including phenoxy) is 1. The van der Waals surface area contributed by atoms with Crippen LogP contribution in [0.3, 0.4) is 0 Å². The van der Waals surface area contributed by atoms with E-state index in [9.17, 15) is 9.59 Å². The highest BCUT2D eigenvalue weighted by molar-refractivity contribution is 6.00. The number of hydrogen-bond acceptors (Lipinski definition) is 4. The summed E-state index contributed by atoms with van der Waals surface area (Å²) in [5.74, 6) is -0.345. The molecule has 2 heterocycles. The molecule has 0 spiro atoms. The van der Waals surface area contributed by atoms with E-state index in [1.165, 1.54) is 0 Å². The highest BCUT2D eigenvalue weighted by Crippen LogP contribution is 2.24. The van der Waals surface area contributed by atoms with Crippen molar-refractivity contribution in [3.63, 3.8) is 0 Å². The summed E-state index contributed by atoms with van der Waals surface area (Å²) < 4.78 is 5.64. The smallest absolute Gasteiger partial charge is 0.227 e. The SMILES string of the molecule is CN1CCO[C@H](CNC(=O)[C@@H]2CC(=O)N(c3ccccc3)C2)C1. The lowest BCUT2D eigenvalue weighted by molar-refractivity contribution is -0.127. The normalized spacial score (nSPS) is 25.6. The lowest BCUT2D eigenvalue weighted by atomic mass is 10.1. The van der Waals surface area contributed by atoms with Crippen molar-refractivity contribution in [1.29, 1.82) is 0 Å². The van der Waals surface area contributed by atoms with Crippen LogP contribution in [0, 0.1) is 5.92 Å². The first-order valence-corrected chi connectivity index (χ1v) is 8.07. The maximum atomic E-state index is 12.3. The van der Waals surface area contributed by atoms with Crippen molar-refractivity contribution in [3.05, 3.63) is 30.3 Å². The zero-order valence-electron chi connectivity index (χ0n) is 13.4. The highest BCUT2D eigenvalue weighted by atomic mass is 16.5. The molecular formula is C17H23N3O3. The molecule has 0 radical (unpaired) electrons. The lowest BCUT2D eigenvalue weighted by Gasteiger charge is -2.30. The Labute approximate surface area is 136 Å². The van der Waals surface area contributed by atoms with Crippen LogP contribution in [0.4, 0.5) is 5.69 Å². The molecule has 23 heavy (non-hydrogen) atoms. The summed E-state index contributed by atoms with van der Waals surface area (Å²) in [5.41, 5.74) is 0.852. The summed E-state index contributed by atoms with van der Waals surface area (Å²) in [5, 5.41) is 2.94. The van der Waals surface area contributed by atoms with Gasteiger partial charge in [0, 0.05) is 38.3 Å². The average Bonchev–Trinajstić information content (AvgIpc) is 2.95. The number of carbonyl (C=O) groups excluding carboxylic acids is 2. The fraction of sp³-hybridized carbons (Fsp3) is 0.529. The average molecular weight is 317 g/mol. The molecule has 3 rings (SSSR count). The van der Waals surface area contributed by atoms with E-state index in [1.54, 1.807) is 4.90 Å². The number of likely N-dealkylation sites (N-methyl/N-ethyl adjacent to an activating group) is 1. The number of nitrogens with one attached hydrogen (secondary N) is 1. The van der Waals surface area contributed by atoms with Gasteiger partial charge in [0.15, 0.2) is 0 Å². The van der Waals surface area contributed by atoms with E-state index in [1.807, 2.05) is 37.4 Å². The van der Waals surface area contributed by atoms with Gasteiger partial charge in [0.05, 0.1) is 18.6 Å². The van der Waals surface area contributed by atoms with Crippen molar-refractivity contribution in [3.8, 4) is 0 Å². The molecule has 124 valence electrons. The molecule has 1 aromatic carbocycles. The van der Waals surface area contributed by atoms with Crippen LogP contribution < -0.4 is 10.2 Å². The summed E-state index contributed by atoms with van der Waals surface area (Å²) in [7, 11) is 2.05. The molecule has 0 saturated carbocycles. The number of hydrogen-bond donors (Lipinski definition) is 1. The Morgan fingerprint density at radius 3 is 2.83 bits per heavy atom. The van der Waals surface area contributed by atoms with Gasteiger partial charge in [-0.2, -0.15) is 0 Å². The fourth-order valence-corrected chi connectivity index (χ4v) is 3.09. The standard InChI is InChI=1S/C17H23N3O3/c1-19-7-8-23-15(12-19)10-18-17(22)13-9-16(21)20(11-13)14-5-3-2-4-6-14/h2-6,13,15H,7-12H2,1H3,(H,18,22)/t13-,15-/m1/s1. The van der Waals surface area contributed by atoms with Gasteiger partial charge < -0.3 is 19.9 Å². The Morgan fingerprint density at radius 1 is 1.30 bits per heavy atom. The van der Waals surface area contributed by atoms with Gasteiger partial charge in [-0.3, -0.25) is 9.59 Å². The molecule has 2 aliphatic heterocycles. The van der Waals surface area contributed by atoms with Gasteiger partial charge in [0.1, 0.15) is 0 Å². The molecule has 2 amide bonds. The van der Waals surface area contributed by atoms with E-state index in [4.69, 9.17) is 4.74 Å². The molecule has 2 fully saturated rings. The Balaban J connectivity index is 1.52. The zero-order valence-corrected chi connectivity index (χ0v) is 13.4. The Kier molecular flexibility index (Phi) is 4.93. The second kappa shape index (κ2) is 7.10. The third-order valence-electron chi connectivity index (χ3n) is 4.41. The Bertz CT molecular complexity index is 563. The number of benzene rings is 1. The van der Waals surface area contributed by atoms with Crippen LogP contribution in [0.15, 0.2) is 30.3 Å². The molecule has 0 aromatic heterocycles. The van der Waals surface area contributed by atoms with Crippen molar-refractivity contribution < 1.29 is 14.3 Å². The van der Waals surface area contributed by atoms with Crippen molar-refractivity contribution in [1.82, 2.24) is 10.2 Å². The van der Waals surface area contributed by atoms with E-state index >= 15 is 0 Å². The minimum absolute atomic E-state index is 0.00463. The molecule has 0 aliphatic carbocycles. The molecule has 1 aromatic rings. The maximum absolute atomic E-state index is 12.3. The van der Waals surface area contributed by atoms with Crippen LogP contribution in [-0.2, 0) is 14.3 Å². The van der Waals surface area contributed by atoms with Crippen molar-refractivity contribution in [2.24, 2.45) is 5.92 Å².